The molecular formula is C17H16N2O4S2. The number of carbonyl (C=O) groups is 1. The van der Waals surface area contributed by atoms with E-state index in [0.717, 1.165) is 4.88 Å². The molecule has 8 heteroatoms. The summed E-state index contributed by atoms with van der Waals surface area (Å²) in [5.74, 6) is 0.247. The van der Waals surface area contributed by atoms with Crippen LogP contribution >= 0.6 is 11.3 Å². The molecule has 2 heterocycles. The fourth-order valence-electron chi connectivity index (χ4n) is 2.15. The van der Waals surface area contributed by atoms with E-state index in [1.54, 1.807) is 30.3 Å². The Bertz CT molecular complexity index is 976. The number of hydrogen-bond donors (Lipinski definition) is 2. The number of anilines is 1. The molecule has 0 fully saturated rings. The lowest BCUT2D eigenvalue weighted by Crippen LogP contribution is -2.23. The van der Waals surface area contributed by atoms with Gasteiger partial charge in [0.1, 0.15) is 5.76 Å². The van der Waals surface area contributed by atoms with Gasteiger partial charge in [-0.25, -0.2) is 13.1 Å². The fraction of sp³-hybridized carbons (Fsp3) is 0.118. The van der Waals surface area contributed by atoms with Crippen LogP contribution in [0.5, 0.6) is 0 Å². The lowest BCUT2D eigenvalue weighted by atomic mass is 10.3. The molecule has 2 aromatic heterocycles. The highest BCUT2D eigenvalue weighted by Crippen LogP contribution is 2.19. The summed E-state index contributed by atoms with van der Waals surface area (Å²) in [4.78, 5) is 13.9. The Labute approximate surface area is 149 Å². The number of carbonyl (C=O) groups excluding carboxylic acids is 1. The molecule has 0 saturated carbocycles. The quantitative estimate of drug-likeness (QED) is 0.690. The lowest BCUT2D eigenvalue weighted by Gasteiger charge is -2.08. The van der Waals surface area contributed by atoms with Crippen molar-refractivity contribution in [3.63, 3.8) is 0 Å². The van der Waals surface area contributed by atoms with Crippen LogP contribution in [0.1, 0.15) is 20.3 Å². The van der Waals surface area contributed by atoms with Crippen LogP contribution in [0.3, 0.4) is 0 Å². The molecule has 0 aliphatic rings. The SMILES string of the molecule is Cc1ccc(C(=O)Nc2cccc(S(=O)(=O)NCc3ccco3)c2)s1. The first-order chi connectivity index (χ1) is 11.9. The van der Waals surface area contributed by atoms with Crippen LogP contribution in [-0.2, 0) is 16.6 Å². The van der Waals surface area contributed by atoms with Gasteiger partial charge in [-0.2, -0.15) is 0 Å². The molecule has 0 aliphatic heterocycles. The highest BCUT2D eigenvalue weighted by atomic mass is 32.2. The number of amides is 1. The van der Waals surface area contributed by atoms with Gasteiger partial charge in [-0.3, -0.25) is 4.79 Å². The normalized spacial score (nSPS) is 11.4. The second-order valence-electron chi connectivity index (χ2n) is 5.30. The van der Waals surface area contributed by atoms with Crippen LogP contribution in [0.25, 0.3) is 0 Å². The highest BCUT2D eigenvalue weighted by Gasteiger charge is 2.16. The van der Waals surface area contributed by atoms with Gasteiger partial charge in [-0.1, -0.05) is 6.07 Å². The molecule has 6 nitrogen and oxygen atoms in total. The summed E-state index contributed by atoms with van der Waals surface area (Å²) in [5.41, 5.74) is 0.414. The van der Waals surface area contributed by atoms with Crippen LogP contribution in [-0.4, -0.2) is 14.3 Å². The Morgan fingerprint density at radius 3 is 2.68 bits per heavy atom. The molecule has 0 radical (unpaired) electrons. The molecule has 3 rings (SSSR count). The average Bonchev–Trinajstić information content (AvgIpc) is 3.25. The number of rotatable bonds is 6. The largest absolute Gasteiger partial charge is 0.468 e. The average molecular weight is 376 g/mol. The van der Waals surface area contributed by atoms with Gasteiger partial charge < -0.3 is 9.73 Å². The van der Waals surface area contributed by atoms with Gasteiger partial charge in [0.2, 0.25) is 10.0 Å². The van der Waals surface area contributed by atoms with E-state index in [-0.39, 0.29) is 17.3 Å². The van der Waals surface area contributed by atoms with E-state index in [2.05, 4.69) is 10.0 Å². The third-order valence-corrected chi connectivity index (χ3v) is 5.78. The van der Waals surface area contributed by atoms with Gasteiger partial charge in [0.05, 0.1) is 22.6 Å². The van der Waals surface area contributed by atoms with Crippen molar-refractivity contribution in [2.75, 3.05) is 5.32 Å². The van der Waals surface area contributed by atoms with Gasteiger partial charge >= 0.3 is 0 Å². The monoisotopic (exact) mass is 376 g/mol. The predicted octanol–water partition coefficient (Wildman–Crippen LogP) is 3.38. The minimum absolute atomic E-state index is 0.0559. The number of sulfonamides is 1. The Morgan fingerprint density at radius 1 is 1.16 bits per heavy atom. The molecule has 25 heavy (non-hydrogen) atoms. The van der Waals surface area contributed by atoms with E-state index in [1.165, 1.54) is 29.7 Å². The fourth-order valence-corrected chi connectivity index (χ4v) is 3.95. The molecule has 1 amide bonds. The smallest absolute Gasteiger partial charge is 0.265 e. The standard InChI is InChI=1S/C17H16N2O4S2/c1-12-7-8-16(24-12)17(20)19-13-4-2-6-15(10-13)25(21,22)18-11-14-5-3-9-23-14/h2-10,18H,11H2,1H3,(H,19,20). The van der Waals surface area contributed by atoms with E-state index in [4.69, 9.17) is 4.42 Å². The molecule has 130 valence electrons. The van der Waals surface area contributed by atoms with Crippen molar-refractivity contribution in [1.82, 2.24) is 4.72 Å². The van der Waals surface area contributed by atoms with Gasteiger partial charge in [-0.15, -0.1) is 11.3 Å². The zero-order valence-corrected chi connectivity index (χ0v) is 15.0. The minimum atomic E-state index is -3.71. The third kappa shape index (κ3) is 4.36. The van der Waals surface area contributed by atoms with Crippen molar-refractivity contribution in [3.8, 4) is 0 Å². The number of thiophene rings is 1. The molecule has 0 aliphatic carbocycles. The van der Waals surface area contributed by atoms with E-state index < -0.39 is 10.0 Å². The Morgan fingerprint density at radius 2 is 2.00 bits per heavy atom. The summed E-state index contributed by atoms with van der Waals surface area (Å²) in [6, 6.07) is 13.1. The molecule has 0 saturated heterocycles. The zero-order valence-electron chi connectivity index (χ0n) is 13.4. The van der Waals surface area contributed by atoms with E-state index in [9.17, 15) is 13.2 Å². The van der Waals surface area contributed by atoms with E-state index >= 15 is 0 Å². The molecule has 3 aromatic rings. The van der Waals surface area contributed by atoms with Gasteiger partial charge in [-0.05, 0) is 49.4 Å². The molecule has 0 spiro atoms. The summed E-state index contributed by atoms with van der Waals surface area (Å²) in [7, 11) is -3.71. The van der Waals surface area contributed by atoms with Crippen LogP contribution in [0, 0.1) is 6.92 Å². The Kier molecular flexibility index (Phi) is 5.03. The summed E-state index contributed by atoms with van der Waals surface area (Å²) in [6.45, 7) is 1.97. The molecule has 2 N–H and O–H groups in total. The number of aryl methyl sites for hydroxylation is 1. The van der Waals surface area contributed by atoms with Crippen molar-refractivity contribution in [3.05, 3.63) is 70.3 Å². The van der Waals surface area contributed by atoms with Gasteiger partial charge in [0, 0.05) is 10.6 Å². The lowest BCUT2D eigenvalue weighted by molar-refractivity contribution is 0.103. The van der Waals surface area contributed by atoms with Crippen molar-refractivity contribution in [2.45, 2.75) is 18.4 Å². The molecule has 0 atom stereocenters. The second kappa shape index (κ2) is 7.22. The van der Waals surface area contributed by atoms with Crippen LogP contribution in [0.15, 0.2) is 64.1 Å². The number of furan rings is 1. The number of nitrogens with one attached hydrogen (secondary N) is 2. The minimum Gasteiger partial charge on any atom is -0.468 e. The van der Waals surface area contributed by atoms with Gasteiger partial charge in [0.25, 0.3) is 5.91 Å². The van der Waals surface area contributed by atoms with Crippen LogP contribution in [0.4, 0.5) is 5.69 Å². The van der Waals surface area contributed by atoms with Crippen molar-refractivity contribution >= 4 is 33.0 Å². The summed E-state index contributed by atoms with van der Waals surface area (Å²) >= 11 is 1.38. The summed E-state index contributed by atoms with van der Waals surface area (Å²) < 4.78 is 32.3. The maximum Gasteiger partial charge on any atom is 0.265 e. The zero-order chi connectivity index (χ0) is 17.9. The van der Waals surface area contributed by atoms with Gasteiger partial charge in [0.15, 0.2) is 0 Å². The predicted molar refractivity (Wildman–Crippen MR) is 96.2 cm³/mol. The van der Waals surface area contributed by atoms with Crippen molar-refractivity contribution in [1.29, 1.82) is 0 Å². The van der Waals surface area contributed by atoms with E-state index in [0.29, 0.717) is 16.3 Å². The van der Waals surface area contributed by atoms with Crippen LogP contribution < -0.4 is 10.0 Å². The first-order valence-electron chi connectivity index (χ1n) is 7.44. The number of benzene rings is 1. The molecule has 1 aromatic carbocycles. The Balaban J connectivity index is 1.73. The Hall–Kier alpha value is -2.42. The number of hydrogen-bond acceptors (Lipinski definition) is 5. The van der Waals surface area contributed by atoms with Crippen LogP contribution in [0.2, 0.25) is 0 Å². The third-order valence-electron chi connectivity index (χ3n) is 3.38. The second-order valence-corrected chi connectivity index (χ2v) is 8.35. The maximum atomic E-state index is 12.4. The molecule has 0 unspecified atom stereocenters. The van der Waals surface area contributed by atoms with Crippen molar-refractivity contribution in [2.24, 2.45) is 0 Å². The van der Waals surface area contributed by atoms with E-state index in [1.807, 2.05) is 13.0 Å². The highest BCUT2D eigenvalue weighted by molar-refractivity contribution is 7.89. The summed E-state index contributed by atoms with van der Waals surface area (Å²) in [5, 5.41) is 2.71. The first-order valence-corrected chi connectivity index (χ1v) is 9.74. The summed E-state index contributed by atoms with van der Waals surface area (Å²) in [6.07, 6.45) is 1.48. The molecular weight excluding hydrogens is 360 g/mol. The van der Waals surface area contributed by atoms with Crippen molar-refractivity contribution < 1.29 is 17.6 Å². The topological polar surface area (TPSA) is 88.4 Å². The maximum absolute atomic E-state index is 12.4. The molecule has 0 bridgehead atoms. The first kappa shape index (κ1) is 17.4.